The fourth-order valence-electron chi connectivity index (χ4n) is 4.25. The molecule has 172 valence electrons. The van der Waals surface area contributed by atoms with Gasteiger partial charge in [-0.1, -0.05) is 42.5 Å². The molecule has 0 aliphatic carbocycles. The first-order chi connectivity index (χ1) is 16.5. The number of nitrogens with zero attached hydrogens (tertiary/aromatic N) is 2. The normalized spacial score (nSPS) is 15.6. The first-order valence-corrected chi connectivity index (χ1v) is 12.1. The smallest absolute Gasteiger partial charge is 0.256 e. The highest BCUT2D eigenvalue weighted by molar-refractivity contribution is 7.17. The molecule has 5 rings (SSSR count). The maximum atomic E-state index is 13.6. The summed E-state index contributed by atoms with van der Waals surface area (Å²) < 4.78 is 6.68. The number of ether oxygens (including phenoxy) is 1. The molecular weight excluding hydrogens is 446 g/mol. The molecule has 1 aromatic heterocycles. The van der Waals surface area contributed by atoms with Crippen molar-refractivity contribution in [3.8, 4) is 11.1 Å². The average molecular weight is 472 g/mol. The van der Waals surface area contributed by atoms with Gasteiger partial charge in [-0.25, -0.2) is 4.98 Å². The summed E-state index contributed by atoms with van der Waals surface area (Å²) in [6, 6.07) is 19.4. The molecule has 1 unspecified atom stereocenters. The van der Waals surface area contributed by atoms with Crippen molar-refractivity contribution in [3.63, 3.8) is 0 Å². The molecule has 2 amide bonds. The second-order valence-corrected chi connectivity index (χ2v) is 9.24. The minimum Gasteiger partial charge on any atom is -0.355 e. The van der Waals surface area contributed by atoms with Crippen LogP contribution in [0.4, 0.5) is 0 Å². The Morgan fingerprint density at radius 3 is 2.74 bits per heavy atom. The van der Waals surface area contributed by atoms with Gasteiger partial charge in [-0.2, -0.15) is 0 Å². The Morgan fingerprint density at radius 1 is 1.06 bits per heavy atom. The molecule has 4 aromatic rings. The summed E-state index contributed by atoms with van der Waals surface area (Å²) in [6.45, 7) is 5.27. The van der Waals surface area contributed by atoms with Gasteiger partial charge < -0.3 is 15.0 Å². The SMILES string of the molecule is Cc1ccc(-c2ccccc2C(=O)N2CCOC2CNC(=O)c2cccc3ncsc23)cc1C. The van der Waals surface area contributed by atoms with Crippen LogP contribution in [-0.2, 0) is 4.74 Å². The van der Waals surface area contributed by atoms with Gasteiger partial charge in [0.1, 0.15) is 6.23 Å². The predicted octanol–water partition coefficient (Wildman–Crippen LogP) is 4.81. The molecule has 1 saturated heterocycles. The summed E-state index contributed by atoms with van der Waals surface area (Å²) in [6.07, 6.45) is -0.523. The second-order valence-electron chi connectivity index (χ2n) is 8.38. The monoisotopic (exact) mass is 471 g/mol. The highest BCUT2D eigenvalue weighted by Crippen LogP contribution is 2.28. The third kappa shape index (κ3) is 4.20. The lowest BCUT2D eigenvalue weighted by Gasteiger charge is -2.24. The number of hydrogen-bond acceptors (Lipinski definition) is 5. The number of nitrogens with one attached hydrogen (secondary N) is 1. The third-order valence-electron chi connectivity index (χ3n) is 6.26. The van der Waals surface area contributed by atoms with E-state index in [1.54, 1.807) is 16.5 Å². The van der Waals surface area contributed by atoms with Crippen molar-refractivity contribution in [1.82, 2.24) is 15.2 Å². The lowest BCUT2D eigenvalue weighted by molar-refractivity contribution is 0.0280. The highest BCUT2D eigenvalue weighted by atomic mass is 32.1. The zero-order valence-electron chi connectivity index (χ0n) is 19.1. The molecule has 1 N–H and O–H groups in total. The van der Waals surface area contributed by atoms with Gasteiger partial charge in [-0.15, -0.1) is 11.3 Å². The Labute approximate surface area is 202 Å². The average Bonchev–Trinajstić information content (AvgIpc) is 3.53. The number of benzene rings is 3. The Hall–Kier alpha value is -3.55. The number of aryl methyl sites for hydroxylation is 2. The van der Waals surface area contributed by atoms with E-state index >= 15 is 0 Å². The summed E-state index contributed by atoms with van der Waals surface area (Å²) in [5.41, 5.74) is 8.03. The van der Waals surface area contributed by atoms with Gasteiger partial charge in [-0.3, -0.25) is 9.59 Å². The van der Waals surface area contributed by atoms with E-state index in [9.17, 15) is 9.59 Å². The number of carbonyl (C=O) groups is 2. The van der Waals surface area contributed by atoms with Crippen LogP contribution >= 0.6 is 11.3 Å². The van der Waals surface area contributed by atoms with Gasteiger partial charge in [0.15, 0.2) is 0 Å². The maximum absolute atomic E-state index is 13.6. The zero-order chi connectivity index (χ0) is 23.7. The van der Waals surface area contributed by atoms with E-state index in [1.165, 1.54) is 22.5 Å². The Balaban J connectivity index is 1.34. The zero-order valence-corrected chi connectivity index (χ0v) is 19.9. The van der Waals surface area contributed by atoms with Gasteiger partial charge in [0.2, 0.25) is 0 Å². The Bertz CT molecular complexity index is 1380. The number of hydrogen-bond donors (Lipinski definition) is 1. The number of thiazole rings is 1. The molecule has 7 heteroatoms. The van der Waals surface area contributed by atoms with Crippen molar-refractivity contribution < 1.29 is 14.3 Å². The summed E-state index contributed by atoms with van der Waals surface area (Å²) in [7, 11) is 0. The fourth-order valence-corrected chi connectivity index (χ4v) is 5.05. The number of aromatic nitrogens is 1. The number of carbonyl (C=O) groups excluding carboxylic acids is 2. The van der Waals surface area contributed by atoms with Crippen molar-refractivity contribution in [2.75, 3.05) is 19.7 Å². The van der Waals surface area contributed by atoms with E-state index in [1.807, 2.05) is 42.5 Å². The lowest BCUT2D eigenvalue weighted by Crippen LogP contribution is -2.44. The van der Waals surface area contributed by atoms with E-state index in [2.05, 4.69) is 36.3 Å². The van der Waals surface area contributed by atoms with Crippen molar-refractivity contribution in [2.45, 2.75) is 20.1 Å². The third-order valence-corrected chi connectivity index (χ3v) is 7.14. The standard InChI is InChI=1S/C27H25N3O3S/c1-17-10-11-19(14-18(17)2)20-6-3-4-7-21(20)27(32)30-12-13-33-24(30)15-28-26(31)22-8-5-9-23-25(22)34-16-29-23/h3-11,14,16,24H,12-13,15H2,1-2H3,(H,28,31). The van der Waals surface area contributed by atoms with Crippen LogP contribution < -0.4 is 5.32 Å². The second kappa shape index (κ2) is 9.37. The minimum atomic E-state index is -0.523. The largest absolute Gasteiger partial charge is 0.355 e. The topological polar surface area (TPSA) is 71.5 Å². The number of rotatable bonds is 5. The molecule has 0 radical (unpaired) electrons. The lowest BCUT2D eigenvalue weighted by atomic mass is 9.96. The van der Waals surface area contributed by atoms with E-state index < -0.39 is 6.23 Å². The van der Waals surface area contributed by atoms with Crippen molar-refractivity contribution in [3.05, 3.63) is 88.4 Å². The minimum absolute atomic E-state index is 0.102. The molecule has 1 atom stereocenters. The molecule has 0 bridgehead atoms. The first-order valence-electron chi connectivity index (χ1n) is 11.2. The molecule has 34 heavy (non-hydrogen) atoms. The highest BCUT2D eigenvalue weighted by Gasteiger charge is 2.32. The fraction of sp³-hybridized carbons (Fsp3) is 0.222. The van der Waals surface area contributed by atoms with Crippen LogP contribution in [0.25, 0.3) is 21.3 Å². The molecule has 2 heterocycles. The van der Waals surface area contributed by atoms with Gasteiger partial charge in [-0.05, 0) is 54.3 Å². The molecular formula is C27H25N3O3S. The van der Waals surface area contributed by atoms with E-state index in [0.717, 1.165) is 21.3 Å². The van der Waals surface area contributed by atoms with E-state index in [-0.39, 0.29) is 18.4 Å². The summed E-state index contributed by atoms with van der Waals surface area (Å²) >= 11 is 1.44. The van der Waals surface area contributed by atoms with Crippen LogP contribution in [-0.4, -0.2) is 47.6 Å². The first kappa shape index (κ1) is 22.3. The van der Waals surface area contributed by atoms with E-state index in [0.29, 0.717) is 24.3 Å². The van der Waals surface area contributed by atoms with E-state index in [4.69, 9.17) is 4.74 Å². The van der Waals surface area contributed by atoms with Gasteiger partial charge >= 0.3 is 0 Å². The molecule has 0 spiro atoms. The molecule has 1 fully saturated rings. The quantitative estimate of drug-likeness (QED) is 0.454. The number of amides is 2. The van der Waals surface area contributed by atoms with Gasteiger partial charge in [0.25, 0.3) is 11.8 Å². The van der Waals surface area contributed by atoms with Crippen LogP contribution in [0.1, 0.15) is 31.8 Å². The van der Waals surface area contributed by atoms with Gasteiger partial charge in [0.05, 0.1) is 34.4 Å². The molecule has 1 aliphatic heterocycles. The maximum Gasteiger partial charge on any atom is 0.256 e. The summed E-state index contributed by atoms with van der Waals surface area (Å²) in [4.78, 5) is 32.4. The summed E-state index contributed by atoms with van der Waals surface area (Å²) in [5, 5.41) is 2.94. The number of fused-ring (bicyclic) bond motifs is 1. The van der Waals surface area contributed by atoms with Crippen LogP contribution in [0.5, 0.6) is 0 Å². The van der Waals surface area contributed by atoms with Crippen molar-refractivity contribution in [2.24, 2.45) is 0 Å². The van der Waals surface area contributed by atoms with Crippen molar-refractivity contribution in [1.29, 1.82) is 0 Å². The Morgan fingerprint density at radius 2 is 1.88 bits per heavy atom. The van der Waals surface area contributed by atoms with Gasteiger partial charge in [0, 0.05) is 12.1 Å². The summed E-state index contributed by atoms with van der Waals surface area (Å²) in [5.74, 6) is -0.302. The van der Waals surface area contributed by atoms with Crippen LogP contribution in [0.15, 0.2) is 66.2 Å². The molecule has 0 saturated carbocycles. The molecule has 1 aliphatic rings. The molecule has 3 aromatic carbocycles. The van der Waals surface area contributed by atoms with Crippen LogP contribution in [0.3, 0.4) is 0 Å². The van der Waals surface area contributed by atoms with Crippen LogP contribution in [0, 0.1) is 13.8 Å². The Kier molecular flexibility index (Phi) is 6.13. The van der Waals surface area contributed by atoms with Crippen molar-refractivity contribution >= 4 is 33.4 Å². The van der Waals surface area contributed by atoms with Crippen LogP contribution in [0.2, 0.25) is 0 Å². The predicted molar refractivity (Wildman–Crippen MR) is 134 cm³/mol. The molecule has 6 nitrogen and oxygen atoms in total.